The van der Waals surface area contributed by atoms with Gasteiger partial charge in [-0.1, -0.05) is 29.8 Å². The smallest absolute Gasteiger partial charge is 0.349 e. The molecule has 1 saturated carbocycles. The number of aryl methyl sites for hydroxylation is 1. The van der Waals surface area contributed by atoms with Crippen molar-refractivity contribution in [3.63, 3.8) is 0 Å². The Balaban J connectivity index is 1.62. The van der Waals surface area contributed by atoms with Crippen LogP contribution in [0.25, 0.3) is 11.1 Å². The van der Waals surface area contributed by atoms with E-state index in [0.717, 1.165) is 29.5 Å². The van der Waals surface area contributed by atoms with E-state index in [-0.39, 0.29) is 5.92 Å². The largest absolute Gasteiger partial charge is 0.451 e. The van der Waals surface area contributed by atoms with E-state index in [9.17, 15) is 14.9 Å². The third-order valence-corrected chi connectivity index (χ3v) is 5.47. The van der Waals surface area contributed by atoms with E-state index in [1.165, 1.54) is 11.3 Å². The molecule has 1 amide bonds. The first-order valence-electron chi connectivity index (χ1n) is 8.47. The number of hydrogen-bond donors (Lipinski definition) is 1. The van der Waals surface area contributed by atoms with Crippen LogP contribution in [0.2, 0.25) is 0 Å². The van der Waals surface area contributed by atoms with Crippen molar-refractivity contribution in [1.29, 1.82) is 5.26 Å². The zero-order valence-electron chi connectivity index (χ0n) is 14.7. The lowest BCUT2D eigenvalue weighted by atomic mass is 9.98. The van der Waals surface area contributed by atoms with Gasteiger partial charge in [0.1, 0.15) is 10.4 Å². The minimum Gasteiger partial charge on any atom is -0.451 e. The molecule has 0 spiro atoms. The maximum atomic E-state index is 12.4. The molecule has 1 fully saturated rings. The molecule has 6 heteroatoms. The Kier molecular flexibility index (Phi) is 5.10. The number of carbonyl (C=O) groups excluding carboxylic acids is 2. The van der Waals surface area contributed by atoms with Crippen molar-refractivity contribution in [2.75, 3.05) is 6.61 Å². The second-order valence-corrected chi connectivity index (χ2v) is 7.66. The highest BCUT2D eigenvalue weighted by Crippen LogP contribution is 2.39. The van der Waals surface area contributed by atoms with Gasteiger partial charge in [-0.2, -0.15) is 5.26 Å². The second-order valence-electron chi connectivity index (χ2n) is 6.74. The van der Waals surface area contributed by atoms with Gasteiger partial charge in [-0.15, -0.1) is 11.3 Å². The number of amides is 1. The van der Waals surface area contributed by atoms with E-state index in [2.05, 4.69) is 11.4 Å². The van der Waals surface area contributed by atoms with E-state index < -0.39 is 24.0 Å². The first-order valence-corrected chi connectivity index (χ1v) is 9.35. The molecule has 5 nitrogen and oxygen atoms in total. The third kappa shape index (κ3) is 3.94. The number of rotatable bonds is 6. The fourth-order valence-corrected chi connectivity index (χ4v) is 3.64. The molecule has 0 bridgehead atoms. The van der Waals surface area contributed by atoms with Gasteiger partial charge in [-0.05, 0) is 49.6 Å². The van der Waals surface area contributed by atoms with E-state index in [1.54, 1.807) is 6.92 Å². The van der Waals surface area contributed by atoms with E-state index in [1.807, 2.05) is 42.6 Å². The molecule has 0 unspecified atom stereocenters. The molecule has 0 aliphatic heterocycles. The molecule has 0 saturated heterocycles. The normalized spacial score (nSPS) is 15.6. The predicted octanol–water partition coefficient (Wildman–Crippen LogP) is 3.69. The Bertz CT molecular complexity index is 862. The SMILES string of the molecule is Cc1ccc(-c2ccsc2C(=O)OCC(=O)N[C@@](C)(C#N)C2CC2)cc1. The summed E-state index contributed by atoms with van der Waals surface area (Å²) in [6, 6.07) is 11.9. The maximum Gasteiger partial charge on any atom is 0.349 e. The number of hydrogen-bond acceptors (Lipinski definition) is 5. The maximum absolute atomic E-state index is 12.4. The second kappa shape index (κ2) is 7.30. The molecule has 2 aromatic rings. The van der Waals surface area contributed by atoms with Crippen LogP contribution in [0.5, 0.6) is 0 Å². The van der Waals surface area contributed by atoms with Crippen molar-refractivity contribution in [2.24, 2.45) is 5.92 Å². The highest BCUT2D eigenvalue weighted by molar-refractivity contribution is 7.12. The minimum atomic E-state index is -0.889. The zero-order valence-corrected chi connectivity index (χ0v) is 15.6. The van der Waals surface area contributed by atoms with Crippen LogP contribution in [0.4, 0.5) is 0 Å². The standard InChI is InChI=1S/C20H20N2O3S/c1-13-3-5-14(6-4-13)16-9-10-26-18(16)19(24)25-11-17(23)22-20(2,12-21)15-7-8-15/h3-6,9-10,15H,7-8,11H2,1-2H3,(H,22,23)/t20-/m0/s1. The summed E-state index contributed by atoms with van der Waals surface area (Å²) in [5.74, 6) is -0.809. The van der Waals surface area contributed by atoms with Crippen LogP contribution in [-0.2, 0) is 9.53 Å². The van der Waals surface area contributed by atoms with Crippen molar-refractivity contribution in [3.8, 4) is 17.2 Å². The molecule has 1 aromatic heterocycles. The summed E-state index contributed by atoms with van der Waals surface area (Å²) in [6.07, 6.45) is 1.86. The van der Waals surface area contributed by atoms with Crippen LogP contribution in [0.1, 0.15) is 35.0 Å². The lowest BCUT2D eigenvalue weighted by molar-refractivity contribution is -0.125. The monoisotopic (exact) mass is 368 g/mol. The lowest BCUT2D eigenvalue weighted by Gasteiger charge is -2.22. The van der Waals surface area contributed by atoms with E-state index >= 15 is 0 Å². The molecule has 26 heavy (non-hydrogen) atoms. The molecule has 1 aliphatic rings. The van der Waals surface area contributed by atoms with Crippen molar-refractivity contribution in [1.82, 2.24) is 5.32 Å². The number of carbonyl (C=O) groups is 2. The van der Waals surface area contributed by atoms with Gasteiger partial charge in [0.2, 0.25) is 0 Å². The quantitative estimate of drug-likeness (QED) is 0.789. The van der Waals surface area contributed by atoms with Gasteiger partial charge in [0.25, 0.3) is 5.91 Å². The van der Waals surface area contributed by atoms with Crippen molar-refractivity contribution < 1.29 is 14.3 Å². The van der Waals surface area contributed by atoms with Crippen LogP contribution in [0, 0.1) is 24.2 Å². The first-order chi connectivity index (χ1) is 12.4. The molecule has 1 aromatic carbocycles. The number of nitriles is 1. The van der Waals surface area contributed by atoms with Gasteiger partial charge in [0.15, 0.2) is 6.61 Å². The molecule has 1 atom stereocenters. The molecular weight excluding hydrogens is 348 g/mol. The van der Waals surface area contributed by atoms with Gasteiger partial charge in [0.05, 0.1) is 6.07 Å². The summed E-state index contributed by atoms with van der Waals surface area (Å²) in [4.78, 5) is 24.9. The van der Waals surface area contributed by atoms with E-state index in [0.29, 0.717) is 4.88 Å². The number of nitrogens with zero attached hydrogens (tertiary/aromatic N) is 1. The molecular formula is C20H20N2O3S. The van der Waals surface area contributed by atoms with Crippen molar-refractivity contribution >= 4 is 23.2 Å². The Labute approximate surface area is 156 Å². The lowest BCUT2D eigenvalue weighted by Crippen LogP contribution is -2.48. The Hall–Kier alpha value is -2.65. The van der Waals surface area contributed by atoms with Crippen LogP contribution in [-0.4, -0.2) is 24.0 Å². The summed E-state index contributed by atoms with van der Waals surface area (Å²) >= 11 is 1.28. The Morgan fingerprint density at radius 2 is 2.00 bits per heavy atom. The molecule has 134 valence electrons. The average Bonchev–Trinajstić information content (AvgIpc) is 3.38. The first kappa shape index (κ1) is 18.2. The summed E-state index contributed by atoms with van der Waals surface area (Å²) < 4.78 is 5.17. The Morgan fingerprint density at radius 3 is 2.62 bits per heavy atom. The van der Waals surface area contributed by atoms with Gasteiger partial charge >= 0.3 is 5.97 Å². The van der Waals surface area contributed by atoms with Gasteiger partial charge < -0.3 is 10.1 Å². The third-order valence-electron chi connectivity index (χ3n) is 4.57. The summed E-state index contributed by atoms with van der Waals surface area (Å²) in [6.45, 7) is 3.31. The molecule has 1 heterocycles. The van der Waals surface area contributed by atoms with E-state index in [4.69, 9.17) is 4.74 Å². The van der Waals surface area contributed by atoms with Gasteiger partial charge in [0, 0.05) is 5.56 Å². The molecule has 3 rings (SSSR count). The zero-order chi connectivity index (χ0) is 18.7. The van der Waals surface area contributed by atoms with Crippen molar-refractivity contribution in [2.45, 2.75) is 32.2 Å². The molecule has 1 N–H and O–H groups in total. The number of nitrogens with one attached hydrogen (secondary N) is 1. The number of benzene rings is 1. The number of ether oxygens (including phenoxy) is 1. The highest BCUT2D eigenvalue weighted by atomic mass is 32.1. The predicted molar refractivity (Wildman–Crippen MR) is 99.7 cm³/mol. The van der Waals surface area contributed by atoms with Crippen LogP contribution in [0.3, 0.4) is 0 Å². The summed E-state index contributed by atoms with van der Waals surface area (Å²) in [7, 11) is 0. The Morgan fingerprint density at radius 1 is 1.31 bits per heavy atom. The summed E-state index contributed by atoms with van der Waals surface area (Å²) in [5.41, 5.74) is 1.97. The van der Waals surface area contributed by atoms with Gasteiger partial charge in [-0.3, -0.25) is 4.79 Å². The fourth-order valence-electron chi connectivity index (χ4n) is 2.83. The number of esters is 1. The topological polar surface area (TPSA) is 79.2 Å². The molecule has 1 aliphatic carbocycles. The minimum absolute atomic E-state index is 0.178. The van der Waals surface area contributed by atoms with Crippen LogP contribution < -0.4 is 5.32 Å². The average molecular weight is 368 g/mol. The summed E-state index contributed by atoms with van der Waals surface area (Å²) in [5, 5.41) is 13.8. The van der Waals surface area contributed by atoms with Crippen LogP contribution >= 0.6 is 11.3 Å². The molecule has 0 radical (unpaired) electrons. The number of thiophene rings is 1. The fraction of sp³-hybridized carbons (Fsp3) is 0.350. The van der Waals surface area contributed by atoms with Crippen LogP contribution in [0.15, 0.2) is 35.7 Å². The van der Waals surface area contributed by atoms with Crippen molar-refractivity contribution in [3.05, 3.63) is 46.2 Å². The van der Waals surface area contributed by atoms with Gasteiger partial charge in [-0.25, -0.2) is 4.79 Å². The highest BCUT2D eigenvalue weighted by Gasteiger charge is 2.43.